The summed E-state index contributed by atoms with van der Waals surface area (Å²) < 4.78 is 0. The van der Waals surface area contributed by atoms with Crippen molar-refractivity contribution >= 4 is 27.4 Å². The zero-order chi connectivity index (χ0) is 18.2. The molecule has 6 heteroatoms. The number of piperidine rings is 1. The molecule has 1 N–H and O–H groups in total. The Balaban J connectivity index is 1.69. The van der Waals surface area contributed by atoms with Gasteiger partial charge in [-0.05, 0) is 62.1 Å². The highest BCUT2D eigenvalue weighted by Crippen LogP contribution is 2.41. The van der Waals surface area contributed by atoms with Crippen LogP contribution >= 0.6 is 11.3 Å². The predicted octanol–water partition coefficient (Wildman–Crippen LogP) is 3.84. The highest BCUT2D eigenvalue weighted by atomic mass is 32.1. The van der Waals surface area contributed by atoms with Crippen molar-refractivity contribution in [3.63, 3.8) is 0 Å². The fourth-order valence-corrected chi connectivity index (χ4v) is 5.65. The summed E-state index contributed by atoms with van der Waals surface area (Å²) in [5.74, 6) is 2.16. The molecule has 1 fully saturated rings. The van der Waals surface area contributed by atoms with Crippen LogP contribution in [0.2, 0.25) is 0 Å². The van der Waals surface area contributed by atoms with Crippen LogP contribution in [0.4, 0.5) is 5.82 Å². The number of aromatic nitrogens is 3. The average molecular weight is 381 g/mol. The van der Waals surface area contributed by atoms with Gasteiger partial charge in [0, 0.05) is 42.5 Å². The van der Waals surface area contributed by atoms with Crippen molar-refractivity contribution in [2.24, 2.45) is 5.92 Å². The molecular formula is C21H24N4OS. The summed E-state index contributed by atoms with van der Waals surface area (Å²) in [5.41, 5.74) is 2.43. The lowest BCUT2D eigenvalue weighted by Gasteiger charge is -2.33. The van der Waals surface area contributed by atoms with Gasteiger partial charge in [-0.2, -0.15) is 0 Å². The number of pyridine rings is 1. The molecule has 1 aliphatic carbocycles. The molecule has 0 amide bonds. The second kappa shape index (κ2) is 7.17. The third-order valence-corrected chi connectivity index (χ3v) is 6.98. The van der Waals surface area contributed by atoms with Gasteiger partial charge in [0.25, 0.3) is 0 Å². The van der Waals surface area contributed by atoms with Crippen LogP contribution < -0.4 is 4.90 Å². The van der Waals surface area contributed by atoms with Gasteiger partial charge in [0.1, 0.15) is 10.6 Å². The number of thiophene rings is 1. The summed E-state index contributed by atoms with van der Waals surface area (Å²) in [7, 11) is 0. The molecule has 5 rings (SSSR count). The third-order valence-electron chi connectivity index (χ3n) is 5.79. The smallest absolute Gasteiger partial charge is 0.164 e. The van der Waals surface area contributed by atoms with E-state index in [4.69, 9.17) is 9.97 Å². The summed E-state index contributed by atoms with van der Waals surface area (Å²) in [4.78, 5) is 19.2. The minimum absolute atomic E-state index is 0.252. The maximum absolute atomic E-state index is 9.69. The number of fused-ring (bicyclic) bond motifs is 3. The van der Waals surface area contributed by atoms with Gasteiger partial charge in [0.05, 0.1) is 5.39 Å². The molecule has 4 heterocycles. The lowest BCUT2D eigenvalue weighted by Crippen LogP contribution is -2.37. The van der Waals surface area contributed by atoms with E-state index in [1.807, 2.05) is 29.7 Å². The molecule has 1 unspecified atom stereocenters. The Morgan fingerprint density at radius 3 is 2.96 bits per heavy atom. The first-order valence-corrected chi connectivity index (χ1v) is 10.7. The van der Waals surface area contributed by atoms with Gasteiger partial charge in [0.15, 0.2) is 5.82 Å². The monoisotopic (exact) mass is 380 g/mol. The molecule has 1 aliphatic heterocycles. The molecule has 0 saturated carbocycles. The van der Waals surface area contributed by atoms with E-state index in [0.717, 1.165) is 60.8 Å². The number of nitrogens with zero attached hydrogens (tertiary/aromatic N) is 4. The number of aliphatic hydroxyl groups is 1. The van der Waals surface area contributed by atoms with Crippen LogP contribution in [-0.4, -0.2) is 39.8 Å². The van der Waals surface area contributed by atoms with E-state index in [1.165, 1.54) is 28.7 Å². The fraction of sp³-hybridized carbons (Fsp3) is 0.476. The quantitative estimate of drug-likeness (QED) is 0.748. The van der Waals surface area contributed by atoms with E-state index >= 15 is 0 Å². The van der Waals surface area contributed by atoms with Crippen molar-refractivity contribution in [1.82, 2.24) is 15.0 Å². The zero-order valence-electron chi connectivity index (χ0n) is 15.4. The number of anilines is 1. The molecule has 0 spiro atoms. The van der Waals surface area contributed by atoms with Gasteiger partial charge >= 0.3 is 0 Å². The van der Waals surface area contributed by atoms with Gasteiger partial charge in [0.2, 0.25) is 0 Å². The SMILES string of the molecule is OCC1CCCN(c2nc(-c3cccnc3)nc3sc4c(c23)CCCC4)C1. The molecule has 0 bridgehead atoms. The number of rotatable bonds is 3. The standard InChI is InChI=1S/C21H24N4OS/c26-13-14-5-4-10-25(12-14)20-18-16-7-1-2-8-17(16)27-21(18)24-19(23-20)15-6-3-9-22-11-15/h3,6,9,11,14,26H,1-2,4-5,7-8,10,12-13H2. The van der Waals surface area contributed by atoms with Crippen LogP contribution in [0, 0.1) is 5.92 Å². The van der Waals surface area contributed by atoms with Crippen molar-refractivity contribution in [3.05, 3.63) is 35.0 Å². The highest BCUT2D eigenvalue weighted by Gasteiger charge is 2.27. The molecule has 1 saturated heterocycles. The summed E-state index contributed by atoms with van der Waals surface area (Å²) in [5, 5.41) is 11.0. The molecule has 2 aliphatic rings. The number of hydrogen-bond acceptors (Lipinski definition) is 6. The number of aryl methyl sites for hydroxylation is 2. The number of hydrogen-bond donors (Lipinski definition) is 1. The molecule has 0 aromatic carbocycles. The average Bonchev–Trinajstić information content (AvgIpc) is 3.12. The fourth-order valence-electron chi connectivity index (χ4n) is 4.40. The summed E-state index contributed by atoms with van der Waals surface area (Å²) in [6.45, 7) is 2.13. The van der Waals surface area contributed by atoms with E-state index in [-0.39, 0.29) is 6.61 Å². The first-order chi connectivity index (χ1) is 13.3. The third kappa shape index (κ3) is 3.11. The normalized spacial score (nSPS) is 20.0. The van der Waals surface area contributed by atoms with Gasteiger partial charge in [-0.1, -0.05) is 0 Å². The predicted molar refractivity (Wildman–Crippen MR) is 109 cm³/mol. The highest BCUT2D eigenvalue weighted by molar-refractivity contribution is 7.19. The Morgan fingerprint density at radius 2 is 2.11 bits per heavy atom. The Morgan fingerprint density at radius 1 is 1.19 bits per heavy atom. The van der Waals surface area contributed by atoms with E-state index in [1.54, 1.807) is 6.20 Å². The summed E-state index contributed by atoms with van der Waals surface area (Å²) in [6, 6.07) is 3.96. The Hall–Kier alpha value is -2.05. The van der Waals surface area contributed by atoms with E-state index in [2.05, 4.69) is 9.88 Å². The van der Waals surface area contributed by atoms with E-state index in [9.17, 15) is 5.11 Å². The summed E-state index contributed by atoms with van der Waals surface area (Å²) >= 11 is 1.85. The van der Waals surface area contributed by atoms with Crippen molar-refractivity contribution in [2.75, 3.05) is 24.6 Å². The molecule has 3 aromatic rings. The lowest BCUT2D eigenvalue weighted by molar-refractivity contribution is 0.208. The minimum atomic E-state index is 0.252. The van der Waals surface area contributed by atoms with Crippen LogP contribution in [0.25, 0.3) is 21.6 Å². The van der Waals surface area contributed by atoms with E-state index in [0.29, 0.717) is 5.92 Å². The lowest BCUT2D eigenvalue weighted by atomic mass is 9.95. The zero-order valence-corrected chi connectivity index (χ0v) is 16.2. The van der Waals surface area contributed by atoms with Crippen LogP contribution in [-0.2, 0) is 12.8 Å². The van der Waals surface area contributed by atoms with Crippen molar-refractivity contribution in [3.8, 4) is 11.4 Å². The van der Waals surface area contributed by atoms with Crippen LogP contribution in [0.5, 0.6) is 0 Å². The Bertz CT molecular complexity index is 956. The van der Waals surface area contributed by atoms with Gasteiger partial charge in [-0.15, -0.1) is 11.3 Å². The number of aliphatic hydroxyl groups excluding tert-OH is 1. The second-order valence-electron chi connectivity index (χ2n) is 7.64. The van der Waals surface area contributed by atoms with Crippen molar-refractivity contribution in [1.29, 1.82) is 0 Å². The second-order valence-corrected chi connectivity index (χ2v) is 8.72. The maximum Gasteiger partial charge on any atom is 0.164 e. The molecule has 140 valence electrons. The van der Waals surface area contributed by atoms with Crippen LogP contribution in [0.15, 0.2) is 24.5 Å². The minimum Gasteiger partial charge on any atom is -0.396 e. The van der Waals surface area contributed by atoms with Crippen LogP contribution in [0.3, 0.4) is 0 Å². The molecule has 27 heavy (non-hydrogen) atoms. The summed E-state index contributed by atoms with van der Waals surface area (Å²) in [6.07, 6.45) is 10.6. The van der Waals surface area contributed by atoms with Gasteiger partial charge in [-0.3, -0.25) is 4.98 Å². The largest absolute Gasteiger partial charge is 0.396 e. The van der Waals surface area contributed by atoms with Crippen molar-refractivity contribution < 1.29 is 5.11 Å². The molecule has 1 atom stereocenters. The molecule has 0 radical (unpaired) electrons. The van der Waals surface area contributed by atoms with Gasteiger partial charge in [-0.25, -0.2) is 9.97 Å². The Labute approximate surface area is 163 Å². The first kappa shape index (κ1) is 17.1. The first-order valence-electron chi connectivity index (χ1n) is 9.92. The van der Waals surface area contributed by atoms with E-state index < -0.39 is 0 Å². The van der Waals surface area contributed by atoms with Crippen molar-refractivity contribution in [2.45, 2.75) is 38.5 Å². The topological polar surface area (TPSA) is 62.1 Å². The maximum atomic E-state index is 9.69. The van der Waals surface area contributed by atoms with Crippen LogP contribution in [0.1, 0.15) is 36.1 Å². The molecule has 3 aromatic heterocycles. The molecule has 5 nitrogen and oxygen atoms in total. The molecular weight excluding hydrogens is 356 g/mol. The Kier molecular flexibility index (Phi) is 4.53. The van der Waals surface area contributed by atoms with Gasteiger partial charge < -0.3 is 10.0 Å².